The summed E-state index contributed by atoms with van der Waals surface area (Å²) in [6.45, 7) is 5.93. The minimum atomic E-state index is -0.723. The number of aldehydes is 1. The number of unbranched alkanes of at least 4 members (excludes halogenated alkanes) is 4. The van der Waals surface area contributed by atoms with Crippen molar-refractivity contribution in [2.45, 2.75) is 77.0 Å². The van der Waals surface area contributed by atoms with Crippen molar-refractivity contribution >= 4 is 6.29 Å². The van der Waals surface area contributed by atoms with E-state index < -0.39 is 18.0 Å². The minimum absolute atomic E-state index is 0.0527. The van der Waals surface area contributed by atoms with Gasteiger partial charge in [0.15, 0.2) is 12.1 Å². The molecule has 1 fully saturated rings. The molecule has 0 amide bonds. The Labute approximate surface area is 133 Å². The Bertz CT molecular complexity index is 340. The van der Waals surface area contributed by atoms with E-state index in [1.807, 2.05) is 19.9 Å². The molecule has 22 heavy (non-hydrogen) atoms. The van der Waals surface area contributed by atoms with E-state index in [9.17, 15) is 4.79 Å². The Balaban J connectivity index is 2.56. The second-order valence-corrected chi connectivity index (χ2v) is 6.02. The van der Waals surface area contributed by atoms with Gasteiger partial charge in [0, 0.05) is 7.11 Å². The molecule has 0 saturated carbocycles. The largest absolute Gasteiger partial charge is 0.359 e. The molecule has 0 aliphatic carbocycles. The Morgan fingerprint density at radius 3 is 2.64 bits per heavy atom. The van der Waals surface area contributed by atoms with Gasteiger partial charge in [-0.2, -0.15) is 0 Å². The topological polar surface area (TPSA) is 54.0 Å². The first-order valence-corrected chi connectivity index (χ1v) is 8.12. The zero-order valence-corrected chi connectivity index (χ0v) is 14.2. The van der Waals surface area contributed by atoms with Crippen molar-refractivity contribution in [3.63, 3.8) is 0 Å². The van der Waals surface area contributed by atoms with E-state index in [0.717, 1.165) is 12.7 Å². The molecule has 128 valence electrons. The van der Waals surface area contributed by atoms with Crippen molar-refractivity contribution in [3.05, 3.63) is 12.2 Å². The first-order valence-electron chi connectivity index (χ1n) is 8.12. The standard InChI is InChI=1S/C17H30O5/c1-5-6-7-8-9-10-11-14-16(22-17(2,3)21-14)15(12-18)20-13-19-4/h10-12,14-16H,5-9,13H2,1-4H3/b11-10-/t14-,15-,16-/m1/s1. The number of allylic oxidation sites excluding steroid dienone is 1. The van der Waals surface area contributed by atoms with Crippen LogP contribution in [0.1, 0.15) is 52.9 Å². The lowest BCUT2D eigenvalue weighted by Crippen LogP contribution is -2.38. The number of hydrogen-bond acceptors (Lipinski definition) is 5. The average Bonchev–Trinajstić information content (AvgIpc) is 2.79. The number of rotatable bonds is 11. The first-order chi connectivity index (χ1) is 10.5. The summed E-state index contributed by atoms with van der Waals surface area (Å²) in [5, 5.41) is 0. The van der Waals surface area contributed by atoms with Crippen LogP contribution in [0.15, 0.2) is 12.2 Å². The molecule has 0 bridgehead atoms. The molecule has 5 heteroatoms. The Morgan fingerprint density at radius 1 is 1.23 bits per heavy atom. The van der Waals surface area contributed by atoms with Gasteiger partial charge in [0.2, 0.25) is 0 Å². The smallest absolute Gasteiger partial charge is 0.164 e. The third-order valence-electron chi connectivity index (χ3n) is 3.55. The molecule has 0 N–H and O–H groups in total. The zero-order valence-electron chi connectivity index (χ0n) is 14.2. The van der Waals surface area contributed by atoms with Gasteiger partial charge in [-0.25, -0.2) is 0 Å². The van der Waals surface area contributed by atoms with Crippen molar-refractivity contribution in [1.29, 1.82) is 0 Å². The van der Waals surface area contributed by atoms with E-state index in [1.165, 1.54) is 32.8 Å². The third kappa shape index (κ3) is 6.57. The Hall–Kier alpha value is -0.750. The molecule has 0 spiro atoms. The molecule has 3 atom stereocenters. The summed E-state index contributed by atoms with van der Waals surface area (Å²) in [7, 11) is 1.52. The lowest BCUT2D eigenvalue weighted by molar-refractivity contribution is -0.170. The van der Waals surface area contributed by atoms with E-state index in [2.05, 4.69) is 13.0 Å². The van der Waals surface area contributed by atoms with E-state index in [1.54, 1.807) is 0 Å². The molecule has 0 unspecified atom stereocenters. The normalized spacial score (nSPS) is 25.6. The van der Waals surface area contributed by atoms with Crippen LogP contribution in [0.25, 0.3) is 0 Å². The summed E-state index contributed by atoms with van der Waals surface area (Å²) >= 11 is 0. The Kier molecular flexibility index (Phi) is 8.86. The molecule has 1 rings (SSSR count). The monoisotopic (exact) mass is 314 g/mol. The van der Waals surface area contributed by atoms with Gasteiger partial charge in [0.25, 0.3) is 0 Å². The predicted molar refractivity (Wildman–Crippen MR) is 84.5 cm³/mol. The third-order valence-corrected chi connectivity index (χ3v) is 3.55. The van der Waals surface area contributed by atoms with Gasteiger partial charge in [-0.3, -0.25) is 0 Å². The van der Waals surface area contributed by atoms with Crippen LogP contribution in [-0.2, 0) is 23.7 Å². The van der Waals surface area contributed by atoms with Crippen molar-refractivity contribution in [2.24, 2.45) is 0 Å². The van der Waals surface area contributed by atoms with E-state index in [-0.39, 0.29) is 12.9 Å². The van der Waals surface area contributed by atoms with Crippen LogP contribution < -0.4 is 0 Å². The van der Waals surface area contributed by atoms with Crippen molar-refractivity contribution in [2.75, 3.05) is 13.9 Å². The quantitative estimate of drug-likeness (QED) is 0.254. The van der Waals surface area contributed by atoms with Crippen LogP contribution in [0, 0.1) is 0 Å². The zero-order chi connectivity index (χ0) is 16.4. The van der Waals surface area contributed by atoms with Gasteiger partial charge in [0.05, 0.1) is 0 Å². The molecule has 1 aliphatic heterocycles. The second kappa shape index (κ2) is 10.1. The fourth-order valence-corrected chi connectivity index (χ4v) is 2.50. The molecule has 1 heterocycles. The highest BCUT2D eigenvalue weighted by Gasteiger charge is 2.44. The van der Waals surface area contributed by atoms with Crippen molar-refractivity contribution in [1.82, 2.24) is 0 Å². The molecule has 5 nitrogen and oxygen atoms in total. The number of ether oxygens (including phenoxy) is 4. The molecule has 0 aromatic heterocycles. The predicted octanol–water partition coefficient (Wildman–Crippen LogP) is 3.22. The first kappa shape index (κ1) is 19.3. The van der Waals surface area contributed by atoms with Crippen LogP contribution in [0.5, 0.6) is 0 Å². The number of carbonyl (C=O) groups is 1. The van der Waals surface area contributed by atoms with Crippen LogP contribution in [-0.4, -0.2) is 44.3 Å². The minimum Gasteiger partial charge on any atom is -0.359 e. The van der Waals surface area contributed by atoms with Gasteiger partial charge in [-0.1, -0.05) is 38.3 Å². The number of methoxy groups -OCH3 is 1. The fraction of sp³-hybridized carbons (Fsp3) is 0.824. The lowest BCUT2D eigenvalue weighted by atomic mass is 10.1. The number of hydrogen-bond donors (Lipinski definition) is 0. The summed E-state index contributed by atoms with van der Waals surface area (Å²) in [5.41, 5.74) is 0. The van der Waals surface area contributed by atoms with Gasteiger partial charge in [-0.05, 0) is 26.7 Å². The summed E-state index contributed by atoms with van der Waals surface area (Å²) < 4.78 is 21.9. The molecule has 1 aliphatic rings. The highest BCUT2D eigenvalue weighted by molar-refractivity contribution is 5.57. The maximum Gasteiger partial charge on any atom is 0.164 e. The van der Waals surface area contributed by atoms with E-state index in [0.29, 0.717) is 0 Å². The molecule has 1 saturated heterocycles. The molecule has 0 aromatic rings. The summed E-state index contributed by atoms with van der Waals surface area (Å²) in [5.74, 6) is -0.723. The van der Waals surface area contributed by atoms with Gasteiger partial charge < -0.3 is 23.7 Å². The highest BCUT2D eigenvalue weighted by Crippen LogP contribution is 2.31. The molecule has 0 aromatic carbocycles. The average molecular weight is 314 g/mol. The maximum absolute atomic E-state index is 11.3. The van der Waals surface area contributed by atoms with Gasteiger partial charge >= 0.3 is 0 Å². The highest BCUT2D eigenvalue weighted by atomic mass is 16.8. The van der Waals surface area contributed by atoms with Crippen molar-refractivity contribution < 1.29 is 23.7 Å². The maximum atomic E-state index is 11.3. The Morgan fingerprint density at radius 2 is 2.00 bits per heavy atom. The summed E-state index contributed by atoms with van der Waals surface area (Å²) in [4.78, 5) is 11.3. The van der Waals surface area contributed by atoms with Crippen LogP contribution >= 0.6 is 0 Å². The lowest BCUT2D eigenvalue weighted by Gasteiger charge is -2.21. The SMILES string of the molecule is CCCCCC/C=C\[C@H]1OC(C)(C)O[C@H]1[C@@H](C=O)OCOC. The molecular formula is C17H30O5. The van der Waals surface area contributed by atoms with Gasteiger partial charge in [-0.15, -0.1) is 0 Å². The van der Waals surface area contributed by atoms with Crippen LogP contribution in [0.2, 0.25) is 0 Å². The summed E-state index contributed by atoms with van der Waals surface area (Å²) in [6.07, 6.45) is 9.33. The van der Waals surface area contributed by atoms with Crippen molar-refractivity contribution in [3.8, 4) is 0 Å². The number of carbonyl (C=O) groups excluding carboxylic acids is 1. The van der Waals surface area contributed by atoms with E-state index >= 15 is 0 Å². The van der Waals surface area contributed by atoms with Gasteiger partial charge in [0.1, 0.15) is 25.1 Å². The summed E-state index contributed by atoms with van der Waals surface area (Å²) in [6, 6.07) is 0. The van der Waals surface area contributed by atoms with Crippen LogP contribution in [0.3, 0.4) is 0 Å². The van der Waals surface area contributed by atoms with E-state index in [4.69, 9.17) is 18.9 Å². The molecular weight excluding hydrogens is 284 g/mol. The van der Waals surface area contributed by atoms with Crippen LogP contribution in [0.4, 0.5) is 0 Å². The molecule has 0 radical (unpaired) electrons. The second-order valence-electron chi connectivity index (χ2n) is 6.02. The fourth-order valence-electron chi connectivity index (χ4n) is 2.50.